The van der Waals surface area contributed by atoms with Gasteiger partial charge < -0.3 is 0 Å². The van der Waals surface area contributed by atoms with Crippen LogP contribution in [-0.2, 0) is 0 Å². The van der Waals surface area contributed by atoms with Gasteiger partial charge >= 0.3 is 0 Å². The third-order valence-corrected chi connectivity index (χ3v) is 2.92. The van der Waals surface area contributed by atoms with Crippen LogP contribution < -0.4 is 0 Å². The second kappa shape index (κ2) is 4.54. The number of halogens is 1. The SMILES string of the molecule is CCN(I)CC(C)(C)CC. The Hall–Kier alpha value is 0.690. The molecule has 0 aromatic carbocycles. The van der Waals surface area contributed by atoms with Gasteiger partial charge in [0.1, 0.15) is 0 Å². The van der Waals surface area contributed by atoms with Crippen molar-refractivity contribution in [3.8, 4) is 0 Å². The summed E-state index contributed by atoms with van der Waals surface area (Å²) in [7, 11) is 0. The minimum atomic E-state index is 0.483. The zero-order valence-corrected chi connectivity index (χ0v) is 9.60. The fourth-order valence-corrected chi connectivity index (χ4v) is 1.61. The van der Waals surface area contributed by atoms with Crippen LogP contribution in [0.5, 0.6) is 0 Å². The maximum absolute atomic E-state index is 2.39. The molecular formula is C8H18IN. The Balaban J connectivity index is 3.64. The van der Waals surface area contributed by atoms with Crippen LogP contribution in [0.2, 0.25) is 0 Å². The third-order valence-electron chi connectivity index (χ3n) is 1.90. The molecule has 0 atom stereocenters. The highest BCUT2D eigenvalue weighted by molar-refractivity contribution is 14.1. The van der Waals surface area contributed by atoms with Crippen molar-refractivity contribution in [3.05, 3.63) is 0 Å². The van der Waals surface area contributed by atoms with Crippen LogP contribution >= 0.6 is 22.9 Å². The standard InChI is InChI=1S/C8H18IN/c1-5-8(3,4)7-10(9)6-2/h5-7H2,1-4H3. The van der Waals surface area contributed by atoms with Crippen molar-refractivity contribution in [2.24, 2.45) is 5.41 Å². The van der Waals surface area contributed by atoms with E-state index in [2.05, 4.69) is 53.7 Å². The van der Waals surface area contributed by atoms with Crippen LogP contribution in [0.1, 0.15) is 34.1 Å². The van der Waals surface area contributed by atoms with Crippen LogP contribution in [-0.4, -0.2) is 16.2 Å². The van der Waals surface area contributed by atoms with Crippen molar-refractivity contribution in [3.63, 3.8) is 0 Å². The molecule has 10 heavy (non-hydrogen) atoms. The van der Waals surface area contributed by atoms with Crippen molar-refractivity contribution >= 4 is 22.9 Å². The molecule has 0 rings (SSSR count). The molecule has 2 heteroatoms. The Kier molecular flexibility index (Phi) is 4.86. The largest absolute Gasteiger partial charge is 0.247 e. The van der Waals surface area contributed by atoms with Gasteiger partial charge in [-0.2, -0.15) is 0 Å². The summed E-state index contributed by atoms with van der Waals surface area (Å²) in [4.78, 5) is 0. The lowest BCUT2D eigenvalue weighted by molar-refractivity contribution is 0.284. The van der Waals surface area contributed by atoms with Gasteiger partial charge in [-0.15, -0.1) is 0 Å². The first-order valence-electron chi connectivity index (χ1n) is 3.92. The summed E-state index contributed by atoms with van der Waals surface area (Å²) in [5, 5.41) is 0. The molecule has 0 fully saturated rings. The maximum Gasteiger partial charge on any atom is 0.0201 e. The average Bonchev–Trinajstić information content (AvgIpc) is 1.87. The Morgan fingerprint density at radius 2 is 1.80 bits per heavy atom. The minimum Gasteiger partial charge on any atom is -0.247 e. The van der Waals surface area contributed by atoms with E-state index < -0.39 is 0 Å². The molecule has 0 N–H and O–H groups in total. The lowest BCUT2D eigenvalue weighted by atomic mass is 9.90. The molecule has 0 saturated heterocycles. The first-order valence-corrected chi connectivity index (χ1v) is 4.89. The van der Waals surface area contributed by atoms with Crippen molar-refractivity contribution in [1.82, 2.24) is 3.11 Å². The van der Waals surface area contributed by atoms with Gasteiger partial charge in [-0.1, -0.05) is 27.7 Å². The smallest absolute Gasteiger partial charge is 0.0201 e. The quantitative estimate of drug-likeness (QED) is 0.551. The Morgan fingerprint density at radius 3 is 2.10 bits per heavy atom. The van der Waals surface area contributed by atoms with Gasteiger partial charge in [-0.3, -0.25) is 0 Å². The van der Waals surface area contributed by atoms with E-state index in [1.807, 2.05) is 0 Å². The highest BCUT2D eigenvalue weighted by Crippen LogP contribution is 2.22. The molecule has 0 aliphatic rings. The van der Waals surface area contributed by atoms with Crippen molar-refractivity contribution in [1.29, 1.82) is 0 Å². The summed E-state index contributed by atoms with van der Waals surface area (Å²) < 4.78 is 2.33. The summed E-state index contributed by atoms with van der Waals surface area (Å²) in [6.45, 7) is 11.4. The van der Waals surface area contributed by atoms with E-state index in [4.69, 9.17) is 0 Å². The van der Waals surface area contributed by atoms with Crippen LogP contribution in [0.3, 0.4) is 0 Å². The molecule has 62 valence electrons. The molecule has 1 nitrogen and oxygen atoms in total. The van der Waals surface area contributed by atoms with E-state index in [-0.39, 0.29) is 0 Å². The fourth-order valence-electron chi connectivity index (χ4n) is 0.688. The molecule has 0 unspecified atom stereocenters. The minimum absolute atomic E-state index is 0.483. The lowest BCUT2D eigenvalue weighted by Crippen LogP contribution is -2.26. The predicted octanol–water partition coefficient (Wildman–Crippen LogP) is 3.09. The number of nitrogens with zero attached hydrogens (tertiary/aromatic N) is 1. The Labute approximate surface area is 78.7 Å². The van der Waals surface area contributed by atoms with Gasteiger partial charge in [-0.05, 0) is 11.8 Å². The van der Waals surface area contributed by atoms with Gasteiger partial charge in [0.15, 0.2) is 0 Å². The van der Waals surface area contributed by atoms with Crippen LogP contribution in [0, 0.1) is 5.41 Å². The highest BCUT2D eigenvalue weighted by Gasteiger charge is 2.16. The first kappa shape index (κ1) is 10.7. The molecule has 0 aliphatic carbocycles. The lowest BCUT2D eigenvalue weighted by Gasteiger charge is -2.26. The van der Waals surface area contributed by atoms with Gasteiger partial charge in [0.25, 0.3) is 0 Å². The molecule has 0 aromatic rings. The van der Waals surface area contributed by atoms with E-state index in [9.17, 15) is 0 Å². The third kappa shape index (κ3) is 4.50. The monoisotopic (exact) mass is 255 g/mol. The molecule has 0 aliphatic heterocycles. The Bertz CT molecular complexity index is 91.3. The average molecular weight is 255 g/mol. The van der Waals surface area contributed by atoms with E-state index in [0.29, 0.717) is 5.41 Å². The summed E-state index contributed by atoms with van der Waals surface area (Å²) >= 11 is 2.39. The zero-order valence-electron chi connectivity index (χ0n) is 7.45. The Morgan fingerprint density at radius 1 is 1.30 bits per heavy atom. The number of hydrogen-bond donors (Lipinski definition) is 0. The number of rotatable bonds is 4. The second-order valence-electron chi connectivity index (χ2n) is 3.45. The molecule has 0 spiro atoms. The van der Waals surface area contributed by atoms with Gasteiger partial charge in [0, 0.05) is 36.0 Å². The highest BCUT2D eigenvalue weighted by atomic mass is 127. The molecule has 0 radical (unpaired) electrons. The van der Waals surface area contributed by atoms with E-state index >= 15 is 0 Å². The molecule has 0 bridgehead atoms. The van der Waals surface area contributed by atoms with Crippen molar-refractivity contribution < 1.29 is 0 Å². The second-order valence-corrected chi connectivity index (χ2v) is 4.82. The molecular weight excluding hydrogens is 237 g/mol. The molecule has 0 aromatic heterocycles. The molecule has 0 amide bonds. The van der Waals surface area contributed by atoms with E-state index in [0.717, 1.165) is 6.54 Å². The van der Waals surface area contributed by atoms with E-state index in [1.165, 1.54) is 13.0 Å². The topological polar surface area (TPSA) is 3.24 Å². The van der Waals surface area contributed by atoms with Crippen LogP contribution in [0.25, 0.3) is 0 Å². The van der Waals surface area contributed by atoms with Gasteiger partial charge in [0.05, 0.1) is 0 Å². The maximum atomic E-state index is 2.39. The summed E-state index contributed by atoms with van der Waals surface area (Å²) in [6, 6.07) is 0. The zero-order chi connectivity index (χ0) is 8.20. The molecule has 0 saturated carbocycles. The van der Waals surface area contributed by atoms with E-state index in [1.54, 1.807) is 0 Å². The molecule has 0 heterocycles. The van der Waals surface area contributed by atoms with Gasteiger partial charge in [-0.25, -0.2) is 3.11 Å². The summed E-state index contributed by atoms with van der Waals surface area (Å²) in [5.74, 6) is 0. The van der Waals surface area contributed by atoms with Gasteiger partial charge in [0.2, 0.25) is 0 Å². The summed E-state index contributed by atoms with van der Waals surface area (Å²) in [6.07, 6.45) is 1.26. The van der Waals surface area contributed by atoms with Crippen LogP contribution in [0.4, 0.5) is 0 Å². The first-order chi connectivity index (χ1) is 4.52. The summed E-state index contributed by atoms with van der Waals surface area (Å²) in [5.41, 5.74) is 0.483. The fraction of sp³-hybridized carbons (Fsp3) is 1.00. The number of hydrogen-bond acceptors (Lipinski definition) is 1. The van der Waals surface area contributed by atoms with Crippen molar-refractivity contribution in [2.75, 3.05) is 13.1 Å². The normalized spacial score (nSPS) is 12.6. The van der Waals surface area contributed by atoms with Crippen molar-refractivity contribution in [2.45, 2.75) is 34.1 Å². The van der Waals surface area contributed by atoms with Crippen LogP contribution in [0.15, 0.2) is 0 Å². The predicted molar refractivity (Wildman–Crippen MR) is 55.3 cm³/mol.